The number of carbonyl (C=O) groups is 2. The average Bonchev–Trinajstić information content (AvgIpc) is 3.06. The molecule has 6 heteroatoms. The minimum Gasteiger partial charge on any atom is -0.480 e. The molecule has 116 valence electrons. The van der Waals surface area contributed by atoms with E-state index in [0.717, 1.165) is 12.8 Å². The fourth-order valence-electron chi connectivity index (χ4n) is 2.79. The van der Waals surface area contributed by atoms with E-state index < -0.39 is 12.0 Å². The molecule has 2 rings (SSSR count). The van der Waals surface area contributed by atoms with Gasteiger partial charge in [0.1, 0.15) is 6.04 Å². The molecule has 0 saturated carbocycles. The number of carboxylic acids is 1. The largest absolute Gasteiger partial charge is 0.480 e. The summed E-state index contributed by atoms with van der Waals surface area (Å²) in [6.45, 7) is 4.40. The highest BCUT2D eigenvalue weighted by Gasteiger charge is 2.41. The lowest BCUT2D eigenvalue weighted by Gasteiger charge is -2.32. The normalized spacial score (nSPS) is 23.1. The Kier molecular flexibility index (Phi) is 4.88. The number of rotatable bonds is 4. The first kappa shape index (κ1) is 15.8. The Labute approximate surface area is 129 Å². The molecule has 1 saturated heterocycles. The van der Waals surface area contributed by atoms with Crippen molar-refractivity contribution in [3.63, 3.8) is 0 Å². The molecule has 1 aromatic heterocycles. The second-order valence-corrected chi connectivity index (χ2v) is 6.80. The van der Waals surface area contributed by atoms with Gasteiger partial charge in [0, 0.05) is 30.9 Å². The molecule has 1 fully saturated rings. The van der Waals surface area contributed by atoms with Gasteiger partial charge >= 0.3 is 12.0 Å². The van der Waals surface area contributed by atoms with E-state index in [1.165, 1.54) is 9.78 Å². The van der Waals surface area contributed by atoms with Gasteiger partial charge in [-0.1, -0.05) is 13.0 Å². The quantitative estimate of drug-likeness (QED) is 0.929. The maximum Gasteiger partial charge on any atom is 0.326 e. The highest BCUT2D eigenvalue weighted by Crippen LogP contribution is 2.26. The van der Waals surface area contributed by atoms with Crippen molar-refractivity contribution >= 4 is 23.3 Å². The van der Waals surface area contributed by atoms with Crippen LogP contribution in [0.4, 0.5) is 4.79 Å². The van der Waals surface area contributed by atoms with Gasteiger partial charge < -0.3 is 14.9 Å². The Balaban J connectivity index is 2.03. The molecule has 5 nitrogen and oxygen atoms in total. The van der Waals surface area contributed by atoms with Gasteiger partial charge in [-0.3, -0.25) is 0 Å². The minimum atomic E-state index is -0.910. The van der Waals surface area contributed by atoms with Crippen LogP contribution in [0.25, 0.3) is 0 Å². The van der Waals surface area contributed by atoms with Crippen LogP contribution in [0.5, 0.6) is 0 Å². The Bertz CT molecular complexity index is 503. The minimum absolute atomic E-state index is 0.00690. The third-order valence-electron chi connectivity index (χ3n) is 4.24. The molecule has 3 atom stereocenters. The fraction of sp³-hybridized carbons (Fsp3) is 0.600. The molecule has 2 amide bonds. The molecule has 1 aromatic rings. The summed E-state index contributed by atoms with van der Waals surface area (Å²) in [7, 11) is 1.75. The summed E-state index contributed by atoms with van der Waals surface area (Å²) < 4.78 is 0. The number of carboxylic acid groups (broad SMARTS) is 1. The predicted octanol–water partition coefficient (Wildman–Crippen LogP) is 2.53. The molecule has 0 aromatic carbocycles. The summed E-state index contributed by atoms with van der Waals surface area (Å²) in [4.78, 5) is 28.3. The predicted molar refractivity (Wildman–Crippen MR) is 82.6 cm³/mol. The third-order valence-corrected chi connectivity index (χ3v) is 5.14. The average molecular weight is 310 g/mol. The first-order valence-electron chi connectivity index (χ1n) is 7.20. The lowest BCUT2D eigenvalue weighted by atomic mass is 10.0. The fourth-order valence-corrected chi connectivity index (χ4v) is 3.61. The van der Waals surface area contributed by atoms with Crippen molar-refractivity contribution in [3.05, 3.63) is 22.4 Å². The summed E-state index contributed by atoms with van der Waals surface area (Å²) >= 11 is 1.67. The SMILES string of the molecule is CC1CCN(C(=O)N(C)C(C)Cc2cccs2)C1C(=O)O. The number of likely N-dealkylation sites (N-methyl/N-ethyl adjacent to an activating group) is 1. The number of likely N-dealkylation sites (tertiary alicyclic amines) is 1. The Morgan fingerprint density at radius 3 is 2.86 bits per heavy atom. The maximum absolute atomic E-state index is 12.6. The lowest BCUT2D eigenvalue weighted by molar-refractivity contribution is -0.142. The lowest BCUT2D eigenvalue weighted by Crippen LogP contribution is -2.50. The molecule has 0 radical (unpaired) electrons. The zero-order valence-electron chi connectivity index (χ0n) is 12.7. The highest BCUT2D eigenvalue weighted by molar-refractivity contribution is 7.09. The molecule has 0 spiro atoms. The van der Waals surface area contributed by atoms with Gasteiger partial charge in [0.2, 0.25) is 0 Å². The van der Waals surface area contributed by atoms with Gasteiger partial charge in [-0.15, -0.1) is 11.3 Å². The van der Waals surface area contributed by atoms with E-state index in [-0.39, 0.29) is 18.0 Å². The second kappa shape index (κ2) is 6.47. The standard InChI is InChI=1S/C15H22N2O3S/c1-10-6-7-17(13(10)14(18)19)15(20)16(3)11(2)9-12-5-4-8-21-12/h4-5,8,10-11,13H,6-7,9H2,1-3H3,(H,18,19). The van der Waals surface area contributed by atoms with E-state index >= 15 is 0 Å². The van der Waals surface area contributed by atoms with Crippen LogP contribution in [0.2, 0.25) is 0 Å². The highest BCUT2D eigenvalue weighted by atomic mass is 32.1. The van der Waals surface area contributed by atoms with E-state index in [1.54, 1.807) is 23.3 Å². The number of aliphatic carboxylic acids is 1. The van der Waals surface area contributed by atoms with Crippen LogP contribution >= 0.6 is 11.3 Å². The van der Waals surface area contributed by atoms with E-state index in [9.17, 15) is 14.7 Å². The van der Waals surface area contributed by atoms with Crippen molar-refractivity contribution in [1.29, 1.82) is 0 Å². The Hall–Kier alpha value is -1.56. The number of nitrogens with zero attached hydrogens (tertiary/aromatic N) is 2. The molecule has 21 heavy (non-hydrogen) atoms. The smallest absolute Gasteiger partial charge is 0.326 e. The van der Waals surface area contributed by atoms with Crippen LogP contribution in [0, 0.1) is 5.92 Å². The molecule has 0 aliphatic carbocycles. The van der Waals surface area contributed by atoms with Gasteiger partial charge in [-0.05, 0) is 30.7 Å². The zero-order valence-corrected chi connectivity index (χ0v) is 13.5. The number of amides is 2. The van der Waals surface area contributed by atoms with Gasteiger partial charge in [-0.2, -0.15) is 0 Å². The molecule has 3 unspecified atom stereocenters. The van der Waals surface area contributed by atoms with Gasteiger partial charge in [0.25, 0.3) is 0 Å². The van der Waals surface area contributed by atoms with Crippen LogP contribution in [0.1, 0.15) is 25.1 Å². The van der Waals surface area contributed by atoms with Crippen molar-refractivity contribution in [2.75, 3.05) is 13.6 Å². The summed E-state index contributed by atoms with van der Waals surface area (Å²) in [5.41, 5.74) is 0. The van der Waals surface area contributed by atoms with Gasteiger partial charge in [-0.25, -0.2) is 9.59 Å². The van der Waals surface area contributed by atoms with Crippen molar-refractivity contribution in [2.24, 2.45) is 5.92 Å². The topological polar surface area (TPSA) is 60.9 Å². The maximum atomic E-state index is 12.6. The van der Waals surface area contributed by atoms with Crippen molar-refractivity contribution < 1.29 is 14.7 Å². The van der Waals surface area contributed by atoms with E-state index in [1.807, 2.05) is 25.3 Å². The summed E-state index contributed by atoms with van der Waals surface area (Å²) in [5, 5.41) is 11.3. The molecule has 0 bridgehead atoms. The van der Waals surface area contributed by atoms with Crippen LogP contribution in [0.15, 0.2) is 17.5 Å². The van der Waals surface area contributed by atoms with Crippen LogP contribution in [-0.4, -0.2) is 52.6 Å². The zero-order chi connectivity index (χ0) is 15.6. The number of urea groups is 1. The van der Waals surface area contributed by atoms with Crippen LogP contribution in [-0.2, 0) is 11.2 Å². The monoisotopic (exact) mass is 310 g/mol. The van der Waals surface area contributed by atoms with Crippen molar-refractivity contribution in [1.82, 2.24) is 9.80 Å². The second-order valence-electron chi connectivity index (χ2n) is 5.77. The van der Waals surface area contributed by atoms with E-state index in [2.05, 4.69) is 6.07 Å². The molecule has 2 heterocycles. The van der Waals surface area contributed by atoms with Gasteiger partial charge in [0.05, 0.1) is 0 Å². The molecule has 1 aliphatic heterocycles. The number of hydrogen-bond donors (Lipinski definition) is 1. The Morgan fingerprint density at radius 1 is 1.57 bits per heavy atom. The first-order valence-corrected chi connectivity index (χ1v) is 8.08. The van der Waals surface area contributed by atoms with Crippen LogP contribution in [0.3, 0.4) is 0 Å². The van der Waals surface area contributed by atoms with Crippen molar-refractivity contribution in [3.8, 4) is 0 Å². The summed E-state index contributed by atoms with van der Waals surface area (Å²) in [5.74, 6) is -0.903. The third kappa shape index (κ3) is 3.37. The van der Waals surface area contributed by atoms with Crippen LogP contribution < -0.4 is 0 Å². The van der Waals surface area contributed by atoms with Gasteiger partial charge in [0.15, 0.2) is 0 Å². The van der Waals surface area contributed by atoms with E-state index in [4.69, 9.17) is 0 Å². The summed E-state index contributed by atoms with van der Waals surface area (Å²) in [6.07, 6.45) is 1.54. The number of thiophene rings is 1. The Morgan fingerprint density at radius 2 is 2.29 bits per heavy atom. The molecule has 1 N–H and O–H groups in total. The first-order chi connectivity index (χ1) is 9.91. The van der Waals surface area contributed by atoms with Crippen molar-refractivity contribution in [2.45, 2.75) is 38.8 Å². The number of hydrogen-bond acceptors (Lipinski definition) is 3. The molecular weight excluding hydrogens is 288 g/mol. The molecule has 1 aliphatic rings. The molecular formula is C15H22N2O3S. The number of carbonyl (C=O) groups excluding carboxylic acids is 1. The summed E-state index contributed by atoms with van der Waals surface area (Å²) in [6, 6.07) is 3.21. The van der Waals surface area contributed by atoms with E-state index in [0.29, 0.717) is 6.54 Å².